The Hall–Kier alpha value is -2.00. The van der Waals surface area contributed by atoms with Gasteiger partial charge in [-0.25, -0.2) is 9.97 Å². The fraction of sp³-hybridized carbons (Fsp3) is 0.308. The van der Waals surface area contributed by atoms with Crippen LogP contribution in [0.15, 0.2) is 22.8 Å². The van der Waals surface area contributed by atoms with E-state index < -0.39 is 0 Å². The highest BCUT2D eigenvalue weighted by Gasteiger charge is 2.17. The average Bonchev–Trinajstić information content (AvgIpc) is 2.96. The highest BCUT2D eigenvalue weighted by atomic mass is 32.2. The smallest absolute Gasteiger partial charge is 0.229 e. The molecule has 9 heteroatoms. The third-order valence-electron chi connectivity index (χ3n) is 2.92. The summed E-state index contributed by atoms with van der Waals surface area (Å²) in [7, 11) is 3.74. The minimum Gasteiger partial charge on any atom is -0.368 e. The Balaban J connectivity index is 1.91. The molecule has 3 aromatic rings. The van der Waals surface area contributed by atoms with Crippen molar-refractivity contribution in [3.05, 3.63) is 23.6 Å². The third-order valence-corrected chi connectivity index (χ3v) is 5.06. The quantitative estimate of drug-likeness (QED) is 0.574. The summed E-state index contributed by atoms with van der Waals surface area (Å²) in [5.41, 5.74) is 6.74. The molecule has 0 aliphatic carbocycles. The van der Waals surface area contributed by atoms with Crippen LogP contribution in [-0.4, -0.2) is 39.0 Å². The van der Waals surface area contributed by atoms with Gasteiger partial charge in [0.15, 0.2) is 0 Å². The lowest BCUT2D eigenvalue weighted by Gasteiger charge is -2.14. The van der Waals surface area contributed by atoms with Gasteiger partial charge in [-0.15, -0.1) is 11.3 Å². The van der Waals surface area contributed by atoms with E-state index in [-0.39, 0.29) is 11.2 Å². The highest BCUT2D eigenvalue weighted by Crippen LogP contribution is 2.37. The molecule has 0 bridgehead atoms. The molecule has 0 spiro atoms. The molecule has 0 saturated carbocycles. The summed E-state index contributed by atoms with van der Waals surface area (Å²) in [6.45, 7) is 2.03. The number of hydrogen-bond donors (Lipinski definition) is 1. The summed E-state index contributed by atoms with van der Waals surface area (Å²) in [5.74, 6) is 1.42. The van der Waals surface area contributed by atoms with E-state index in [1.54, 1.807) is 34.3 Å². The van der Waals surface area contributed by atoms with Crippen LogP contribution in [0.1, 0.15) is 18.0 Å². The topological polar surface area (TPSA) is 93.7 Å². The van der Waals surface area contributed by atoms with Crippen molar-refractivity contribution >= 4 is 45.2 Å². The van der Waals surface area contributed by atoms with E-state index in [2.05, 4.69) is 24.9 Å². The van der Waals surface area contributed by atoms with Crippen LogP contribution in [0.4, 0.5) is 11.9 Å². The maximum Gasteiger partial charge on any atom is 0.229 e. The summed E-state index contributed by atoms with van der Waals surface area (Å²) >= 11 is 3.22. The van der Waals surface area contributed by atoms with E-state index >= 15 is 0 Å². The zero-order valence-corrected chi connectivity index (χ0v) is 14.0. The zero-order valence-electron chi connectivity index (χ0n) is 12.4. The van der Waals surface area contributed by atoms with Crippen LogP contribution in [0.2, 0.25) is 0 Å². The van der Waals surface area contributed by atoms with Crippen molar-refractivity contribution in [3.8, 4) is 0 Å². The molecule has 7 nitrogen and oxygen atoms in total. The van der Waals surface area contributed by atoms with Gasteiger partial charge in [-0.2, -0.15) is 15.0 Å². The number of aromatic nitrogens is 5. The van der Waals surface area contributed by atoms with Crippen LogP contribution in [0, 0.1) is 0 Å². The molecule has 0 aliphatic heterocycles. The van der Waals surface area contributed by atoms with Crippen molar-refractivity contribution in [1.29, 1.82) is 0 Å². The van der Waals surface area contributed by atoms with E-state index in [4.69, 9.17) is 5.73 Å². The fourth-order valence-corrected chi connectivity index (χ4v) is 3.73. The summed E-state index contributed by atoms with van der Waals surface area (Å²) in [4.78, 5) is 23.3. The molecule has 0 radical (unpaired) electrons. The Kier molecular flexibility index (Phi) is 4.08. The van der Waals surface area contributed by atoms with Gasteiger partial charge < -0.3 is 10.6 Å². The molecular formula is C13H15N7S2. The Labute approximate surface area is 136 Å². The standard InChI is InChI=1S/C13H15N7S2/c1-7(10-17-12(14)19-13(18-10)20(2)3)22-11-9-8(4-5-21-9)15-6-16-11/h4-7H,1-3H3,(H2,14,17,18,19). The predicted octanol–water partition coefficient (Wildman–Crippen LogP) is 2.38. The molecule has 22 heavy (non-hydrogen) atoms. The fourth-order valence-electron chi connectivity index (χ4n) is 1.85. The van der Waals surface area contributed by atoms with Gasteiger partial charge in [0, 0.05) is 14.1 Å². The molecule has 0 fully saturated rings. The van der Waals surface area contributed by atoms with Crippen molar-refractivity contribution in [3.63, 3.8) is 0 Å². The van der Waals surface area contributed by atoms with Crippen LogP contribution in [0.3, 0.4) is 0 Å². The molecule has 114 valence electrons. The maximum absolute atomic E-state index is 5.78. The molecule has 2 N–H and O–H groups in total. The molecular weight excluding hydrogens is 318 g/mol. The van der Waals surface area contributed by atoms with Crippen LogP contribution in [0.25, 0.3) is 10.2 Å². The molecule has 1 unspecified atom stereocenters. The number of thioether (sulfide) groups is 1. The second-order valence-electron chi connectivity index (χ2n) is 4.82. The lowest BCUT2D eigenvalue weighted by molar-refractivity contribution is 0.863. The van der Waals surface area contributed by atoms with Gasteiger partial charge in [0.1, 0.15) is 17.2 Å². The monoisotopic (exact) mass is 333 g/mol. The normalized spacial score (nSPS) is 12.5. The van der Waals surface area contributed by atoms with E-state index in [1.165, 1.54) is 0 Å². The van der Waals surface area contributed by atoms with Crippen molar-refractivity contribution in [2.24, 2.45) is 0 Å². The molecule has 3 rings (SSSR count). The minimum atomic E-state index is 0.00389. The van der Waals surface area contributed by atoms with Gasteiger partial charge in [-0.3, -0.25) is 0 Å². The first-order chi connectivity index (χ1) is 10.5. The molecule has 0 aromatic carbocycles. The first kappa shape index (κ1) is 14.9. The largest absolute Gasteiger partial charge is 0.368 e. The number of rotatable bonds is 4. The van der Waals surface area contributed by atoms with Crippen molar-refractivity contribution < 1.29 is 0 Å². The molecule has 0 saturated heterocycles. The number of nitrogen functional groups attached to an aromatic ring is 1. The van der Waals surface area contributed by atoms with Crippen molar-refractivity contribution in [2.75, 3.05) is 24.7 Å². The van der Waals surface area contributed by atoms with Gasteiger partial charge in [0.2, 0.25) is 11.9 Å². The van der Waals surface area contributed by atoms with Crippen molar-refractivity contribution in [1.82, 2.24) is 24.9 Å². The van der Waals surface area contributed by atoms with Gasteiger partial charge in [0.05, 0.1) is 15.5 Å². The van der Waals surface area contributed by atoms with E-state index in [1.807, 2.05) is 32.5 Å². The number of fused-ring (bicyclic) bond motifs is 1. The Morgan fingerprint density at radius 2 is 2.05 bits per heavy atom. The zero-order chi connectivity index (χ0) is 15.7. The molecule has 0 aliphatic rings. The average molecular weight is 333 g/mol. The Morgan fingerprint density at radius 1 is 1.23 bits per heavy atom. The van der Waals surface area contributed by atoms with Gasteiger partial charge in [-0.05, 0) is 18.4 Å². The molecule has 1 atom stereocenters. The summed E-state index contributed by atoms with van der Waals surface area (Å²) in [6.07, 6.45) is 1.58. The Bertz CT molecular complexity index is 802. The van der Waals surface area contributed by atoms with Gasteiger partial charge in [-0.1, -0.05) is 11.8 Å². The lowest BCUT2D eigenvalue weighted by atomic mass is 10.4. The van der Waals surface area contributed by atoms with Gasteiger partial charge in [0.25, 0.3) is 0 Å². The summed E-state index contributed by atoms with van der Waals surface area (Å²) in [6, 6.07) is 1.99. The molecule has 3 aromatic heterocycles. The SMILES string of the molecule is CC(Sc1ncnc2ccsc12)c1nc(N)nc(N(C)C)n1. The number of hydrogen-bond acceptors (Lipinski definition) is 9. The van der Waals surface area contributed by atoms with Crippen LogP contribution < -0.4 is 10.6 Å². The molecule has 3 heterocycles. The van der Waals surface area contributed by atoms with Crippen LogP contribution in [-0.2, 0) is 0 Å². The second-order valence-corrected chi connectivity index (χ2v) is 7.07. The van der Waals surface area contributed by atoms with Crippen LogP contribution in [0.5, 0.6) is 0 Å². The summed E-state index contributed by atoms with van der Waals surface area (Å²) in [5, 5.41) is 2.95. The van der Waals surface area contributed by atoms with E-state index in [9.17, 15) is 0 Å². The number of nitrogens with two attached hydrogens (primary N) is 1. The highest BCUT2D eigenvalue weighted by molar-refractivity contribution is 7.99. The second kappa shape index (κ2) is 6.01. The van der Waals surface area contributed by atoms with E-state index in [0.717, 1.165) is 15.2 Å². The summed E-state index contributed by atoms with van der Waals surface area (Å²) < 4.78 is 1.08. The number of nitrogens with zero attached hydrogens (tertiary/aromatic N) is 6. The Morgan fingerprint density at radius 3 is 2.82 bits per heavy atom. The third kappa shape index (κ3) is 2.95. The molecule has 0 amide bonds. The van der Waals surface area contributed by atoms with Crippen molar-refractivity contribution in [2.45, 2.75) is 17.2 Å². The predicted molar refractivity (Wildman–Crippen MR) is 90.3 cm³/mol. The van der Waals surface area contributed by atoms with Crippen LogP contribution >= 0.6 is 23.1 Å². The maximum atomic E-state index is 5.78. The first-order valence-corrected chi connectivity index (χ1v) is 8.34. The lowest BCUT2D eigenvalue weighted by Crippen LogP contribution is -2.16. The van der Waals surface area contributed by atoms with E-state index in [0.29, 0.717) is 11.8 Å². The van der Waals surface area contributed by atoms with Gasteiger partial charge >= 0.3 is 0 Å². The number of anilines is 2. The first-order valence-electron chi connectivity index (χ1n) is 6.58. The minimum absolute atomic E-state index is 0.00389. The number of thiophene rings is 1.